The molecule has 4 rings (SSSR count). The molecule has 5 nitrogen and oxygen atoms in total. The lowest BCUT2D eigenvalue weighted by Gasteiger charge is -2.25. The normalized spacial score (nSPS) is 30.2. The van der Waals surface area contributed by atoms with Gasteiger partial charge in [0.15, 0.2) is 0 Å². The Morgan fingerprint density at radius 1 is 1.12 bits per heavy atom. The van der Waals surface area contributed by atoms with E-state index in [1.54, 1.807) is 0 Å². The quantitative estimate of drug-likeness (QED) is 0.843. The van der Waals surface area contributed by atoms with Gasteiger partial charge in [-0.1, -0.05) is 0 Å². The monoisotopic (exact) mass is 326 g/mol. The summed E-state index contributed by atoms with van der Waals surface area (Å²) in [6.07, 6.45) is 12.5. The van der Waals surface area contributed by atoms with Gasteiger partial charge in [0.25, 0.3) is 0 Å². The van der Waals surface area contributed by atoms with E-state index in [1.807, 2.05) is 18.5 Å². The van der Waals surface area contributed by atoms with Crippen molar-refractivity contribution in [2.45, 2.75) is 64.1 Å². The van der Waals surface area contributed by atoms with E-state index in [0.717, 1.165) is 43.2 Å². The molecule has 0 bridgehead atoms. The molecule has 1 aromatic rings. The van der Waals surface area contributed by atoms with Crippen LogP contribution in [-0.2, 0) is 6.42 Å². The second-order valence-corrected chi connectivity index (χ2v) is 7.73. The predicted molar refractivity (Wildman–Crippen MR) is 95.6 cm³/mol. The zero-order valence-corrected chi connectivity index (χ0v) is 14.6. The van der Waals surface area contributed by atoms with Gasteiger partial charge in [-0.15, -0.1) is 0 Å². The van der Waals surface area contributed by atoms with Gasteiger partial charge >= 0.3 is 0 Å². The molecule has 128 valence electrons. The van der Waals surface area contributed by atoms with E-state index in [4.69, 9.17) is 10.7 Å². The Labute approximate surface area is 144 Å². The number of hydrogen-bond donors (Lipinski definition) is 1. The lowest BCUT2D eigenvalue weighted by Crippen LogP contribution is -2.28. The van der Waals surface area contributed by atoms with Crippen LogP contribution in [0.5, 0.6) is 0 Å². The Balaban J connectivity index is 1.51. The summed E-state index contributed by atoms with van der Waals surface area (Å²) in [7, 11) is 0. The molecule has 2 heterocycles. The first kappa shape index (κ1) is 15.9. The number of aromatic nitrogens is 2. The van der Waals surface area contributed by atoms with Crippen molar-refractivity contribution in [1.82, 2.24) is 9.97 Å². The first-order chi connectivity index (χ1) is 11.7. The van der Waals surface area contributed by atoms with Crippen molar-refractivity contribution < 1.29 is 4.58 Å². The SMILES string of the molecule is CC1N=CC(c2ccnc(CC3CCC(N)CC3)n2)=[N+]1CC1CC1. The molecule has 0 amide bonds. The molecule has 1 aliphatic heterocycles. The molecule has 3 aliphatic rings. The maximum Gasteiger partial charge on any atom is 0.246 e. The third kappa shape index (κ3) is 3.56. The molecule has 2 fully saturated rings. The number of hydrogen-bond acceptors (Lipinski definition) is 4. The van der Waals surface area contributed by atoms with Crippen LogP contribution in [0.3, 0.4) is 0 Å². The minimum atomic E-state index is 0.235. The van der Waals surface area contributed by atoms with Crippen molar-refractivity contribution in [2.24, 2.45) is 22.6 Å². The van der Waals surface area contributed by atoms with Gasteiger partial charge < -0.3 is 5.73 Å². The summed E-state index contributed by atoms with van der Waals surface area (Å²) >= 11 is 0. The summed E-state index contributed by atoms with van der Waals surface area (Å²) in [6, 6.07) is 2.43. The minimum absolute atomic E-state index is 0.235. The van der Waals surface area contributed by atoms with Crippen LogP contribution in [0.1, 0.15) is 57.0 Å². The summed E-state index contributed by atoms with van der Waals surface area (Å²) in [6.45, 7) is 3.27. The second-order valence-electron chi connectivity index (χ2n) is 7.73. The van der Waals surface area contributed by atoms with Gasteiger partial charge in [-0.25, -0.2) is 19.5 Å². The number of rotatable bonds is 5. The maximum atomic E-state index is 6.02. The first-order valence-corrected chi connectivity index (χ1v) is 9.43. The Bertz CT molecular complexity index is 653. The molecule has 0 spiro atoms. The molecular weight excluding hydrogens is 298 g/mol. The Hall–Kier alpha value is -1.62. The molecule has 24 heavy (non-hydrogen) atoms. The summed E-state index contributed by atoms with van der Waals surface area (Å²) in [4.78, 5) is 14.0. The second kappa shape index (κ2) is 6.71. The van der Waals surface area contributed by atoms with Crippen LogP contribution >= 0.6 is 0 Å². The maximum absolute atomic E-state index is 6.02. The van der Waals surface area contributed by atoms with Gasteiger partial charge in [0.1, 0.15) is 24.3 Å². The highest BCUT2D eigenvalue weighted by Crippen LogP contribution is 2.30. The highest BCUT2D eigenvalue weighted by molar-refractivity contribution is 6.35. The number of nitrogens with two attached hydrogens (primary N) is 1. The van der Waals surface area contributed by atoms with E-state index in [2.05, 4.69) is 21.5 Å². The third-order valence-corrected chi connectivity index (χ3v) is 5.66. The Morgan fingerprint density at radius 3 is 2.62 bits per heavy atom. The van der Waals surface area contributed by atoms with Gasteiger partial charge in [0.05, 0.1) is 0 Å². The molecule has 2 aliphatic carbocycles. The fraction of sp³-hybridized carbons (Fsp3) is 0.684. The smallest absolute Gasteiger partial charge is 0.246 e. The van der Waals surface area contributed by atoms with E-state index >= 15 is 0 Å². The minimum Gasteiger partial charge on any atom is -0.328 e. The summed E-state index contributed by atoms with van der Waals surface area (Å²) in [5.74, 6) is 2.50. The topological polar surface area (TPSA) is 67.2 Å². The zero-order valence-electron chi connectivity index (χ0n) is 14.6. The number of aliphatic imine (C=N–C) groups is 1. The van der Waals surface area contributed by atoms with Crippen molar-refractivity contribution in [1.29, 1.82) is 0 Å². The molecule has 5 heteroatoms. The highest BCUT2D eigenvalue weighted by atomic mass is 15.2. The molecule has 1 aromatic heterocycles. The average molecular weight is 326 g/mol. The van der Waals surface area contributed by atoms with Gasteiger partial charge in [0, 0.05) is 31.5 Å². The van der Waals surface area contributed by atoms with Crippen LogP contribution in [0.2, 0.25) is 0 Å². The van der Waals surface area contributed by atoms with Crippen LogP contribution in [0.15, 0.2) is 17.3 Å². The van der Waals surface area contributed by atoms with Crippen molar-refractivity contribution in [2.75, 3.05) is 6.54 Å². The van der Waals surface area contributed by atoms with Crippen LogP contribution < -0.4 is 5.73 Å². The lowest BCUT2D eigenvalue weighted by atomic mass is 9.84. The molecule has 1 atom stereocenters. The van der Waals surface area contributed by atoms with Gasteiger partial charge in [-0.3, -0.25) is 0 Å². The molecular formula is C19H28N5+. The highest BCUT2D eigenvalue weighted by Gasteiger charge is 2.34. The van der Waals surface area contributed by atoms with Crippen molar-refractivity contribution in [3.63, 3.8) is 0 Å². The molecule has 0 saturated heterocycles. The fourth-order valence-electron chi connectivity index (χ4n) is 3.87. The summed E-state index contributed by atoms with van der Waals surface area (Å²) in [5.41, 5.74) is 8.21. The Kier molecular flexibility index (Phi) is 4.44. The molecule has 0 radical (unpaired) electrons. The van der Waals surface area contributed by atoms with Crippen LogP contribution in [-0.4, -0.2) is 45.2 Å². The van der Waals surface area contributed by atoms with E-state index in [9.17, 15) is 0 Å². The van der Waals surface area contributed by atoms with E-state index in [0.29, 0.717) is 12.0 Å². The van der Waals surface area contributed by atoms with Crippen LogP contribution in [0.4, 0.5) is 0 Å². The van der Waals surface area contributed by atoms with E-state index in [1.165, 1.54) is 31.4 Å². The van der Waals surface area contributed by atoms with Crippen LogP contribution in [0.25, 0.3) is 0 Å². The van der Waals surface area contributed by atoms with Crippen molar-refractivity contribution in [3.8, 4) is 0 Å². The van der Waals surface area contributed by atoms with Gasteiger partial charge in [-0.2, -0.15) is 0 Å². The van der Waals surface area contributed by atoms with Crippen LogP contribution in [0, 0.1) is 11.8 Å². The van der Waals surface area contributed by atoms with E-state index < -0.39 is 0 Å². The number of nitrogens with zero attached hydrogens (tertiary/aromatic N) is 4. The summed E-state index contributed by atoms with van der Waals surface area (Å²) < 4.78 is 2.41. The van der Waals surface area contributed by atoms with Crippen molar-refractivity contribution in [3.05, 3.63) is 23.8 Å². The zero-order chi connectivity index (χ0) is 16.5. The third-order valence-electron chi connectivity index (χ3n) is 5.66. The van der Waals surface area contributed by atoms with Gasteiger partial charge in [0.2, 0.25) is 11.9 Å². The summed E-state index contributed by atoms with van der Waals surface area (Å²) in [5, 5.41) is 0. The average Bonchev–Trinajstić information content (AvgIpc) is 3.33. The molecule has 2 N–H and O–H groups in total. The molecule has 1 unspecified atom stereocenters. The predicted octanol–water partition coefficient (Wildman–Crippen LogP) is 2.18. The Morgan fingerprint density at radius 2 is 1.88 bits per heavy atom. The van der Waals surface area contributed by atoms with Gasteiger partial charge in [-0.05, 0) is 50.5 Å². The first-order valence-electron chi connectivity index (χ1n) is 9.43. The lowest BCUT2D eigenvalue weighted by molar-refractivity contribution is -0.558. The fourth-order valence-corrected chi connectivity index (χ4v) is 3.87. The largest absolute Gasteiger partial charge is 0.328 e. The standard InChI is InChI=1S/C19H28N5/c1-13-22-11-18(24(13)12-15-2-3-15)17-8-9-21-19(23-17)10-14-4-6-16(20)7-5-14/h8-9,11,13-16H,2-7,10,12,20H2,1H3/q+1. The van der Waals surface area contributed by atoms with Crippen molar-refractivity contribution >= 4 is 11.9 Å². The molecule has 0 aromatic carbocycles. The van der Waals surface area contributed by atoms with E-state index in [-0.39, 0.29) is 6.17 Å². The molecule has 2 saturated carbocycles.